The number of nitrogens with zero attached hydrogens (tertiary/aromatic N) is 1. The van der Waals surface area contributed by atoms with Crippen molar-refractivity contribution in [3.05, 3.63) is 23.7 Å². The Labute approximate surface area is 112 Å². The van der Waals surface area contributed by atoms with Gasteiger partial charge in [-0.1, -0.05) is 0 Å². The average molecular weight is 265 g/mol. The lowest BCUT2D eigenvalue weighted by atomic mass is 9.93. The molecule has 1 aliphatic rings. The molecule has 1 fully saturated rings. The maximum absolute atomic E-state index is 12.3. The van der Waals surface area contributed by atoms with Gasteiger partial charge in [0.25, 0.3) is 5.91 Å². The van der Waals surface area contributed by atoms with Crippen LogP contribution in [0.3, 0.4) is 0 Å². The minimum atomic E-state index is -0.773. The van der Waals surface area contributed by atoms with Crippen LogP contribution < -0.4 is 0 Å². The fraction of sp³-hybridized carbons (Fsp3) is 0.571. The number of furan rings is 1. The van der Waals surface area contributed by atoms with Gasteiger partial charge in [0.1, 0.15) is 0 Å². The average Bonchev–Trinajstić information content (AvgIpc) is 2.82. The van der Waals surface area contributed by atoms with E-state index in [4.69, 9.17) is 9.52 Å². The van der Waals surface area contributed by atoms with Crippen molar-refractivity contribution in [1.82, 2.24) is 4.90 Å². The highest BCUT2D eigenvalue weighted by Gasteiger charge is 2.27. The molecule has 5 heteroatoms. The first-order valence-electron chi connectivity index (χ1n) is 6.63. The highest BCUT2D eigenvalue weighted by Crippen LogP contribution is 2.23. The molecule has 1 aliphatic heterocycles. The van der Waals surface area contributed by atoms with Crippen molar-refractivity contribution in [2.45, 2.75) is 32.6 Å². The van der Waals surface area contributed by atoms with Crippen molar-refractivity contribution in [1.29, 1.82) is 0 Å². The molecule has 2 rings (SSSR count). The van der Waals surface area contributed by atoms with Crippen molar-refractivity contribution in [2.75, 3.05) is 13.1 Å². The lowest BCUT2D eigenvalue weighted by Crippen LogP contribution is -2.40. The minimum absolute atomic E-state index is 0.0810. The molecule has 19 heavy (non-hydrogen) atoms. The van der Waals surface area contributed by atoms with Gasteiger partial charge < -0.3 is 14.4 Å². The van der Waals surface area contributed by atoms with Crippen molar-refractivity contribution < 1.29 is 19.1 Å². The molecule has 1 atom stereocenters. The Balaban J connectivity index is 1.95. The van der Waals surface area contributed by atoms with E-state index in [0.717, 1.165) is 24.9 Å². The van der Waals surface area contributed by atoms with E-state index >= 15 is 0 Å². The molecule has 0 aliphatic carbocycles. The molecule has 0 bridgehead atoms. The fourth-order valence-electron chi connectivity index (χ4n) is 2.55. The largest absolute Gasteiger partial charge is 0.481 e. The van der Waals surface area contributed by atoms with Crippen molar-refractivity contribution >= 4 is 11.9 Å². The first-order valence-corrected chi connectivity index (χ1v) is 6.63. The molecule has 0 saturated carbocycles. The highest BCUT2D eigenvalue weighted by molar-refractivity contribution is 5.92. The SMILES string of the molecule is Cc1ccoc1C(=O)N1CCC[C@H](CCC(=O)O)C1. The molecule has 1 aromatic heterocycles. The minimum Gasteiger partial charge on any atom is -0.481 e. The summed E-state index contributed by atoms with van der Waals surface area (Å²) in [4.78, 5) is 24.7. The third kappa shape index (κ3) is 3.36. The number of carboxylic acid groups (broad SMARTS) is 1. The smallest absolute Gasteiger partial charge is 0.303 e. The Morgan fingerprint density at radius 3 is 2.95 bits per heavy atom. The van der Waals surface area contributed by atoms with Crippen LogP contribution in [0.1, 0.15) is 41.8 Å². The predicted molar refractivity (Wildman–Crippen MR) is 68.9 cm³/mol. The van der Waals surface area contributed by atoms with Crippen LogP contribution in [0, 0.1) is 12.8 Å². The van der Waals surface area contributed by atoms with Crippen molar-refractivity contribution in [2.24, 2.45) is 5.92 Å². The summed E-state index contributed by atoms with van der Waals surface area (Å²) in [5, 5.41) is 8.71. The molecular formula is C14H19NO4. The molecule has 0 aromatic carbocycles. The summed E-state index contributed by atoms with van der Waals surface area (Å²) in [6, 6.07) is 1.78. The van der Waals surface area contributed by atoms with Crippen LogP contribution in [0.2, 0.25) is 0 Å². The number of amides is 1. The molecule has 0 spiro atoms. The number of carbonyl (C=O) groups is 2. The summed E-state index contributed by atoms with van der Waals surface area (Å²) in [6.45, 7) is 3.21. The second kappa shape index (κ2) is 5.91. The summed E-state index contributed by atoms with van der Waals surface area (Å²) in [5.74, 6) is -0.171. The van der Waals surface area contributed by atoms with E-state index in [0.29, 0.717) is 18.7 Å². The van der Waals surface area contributed by atoms with Crippen molar-refractivity contribution in [3.8, 4) is 0 Å². The van der Waals surface area contributed by atoms with Crippen molar-refractivity contribution in [3.63, 3.8) is 0 Å². The van der Waals surface area contributed by atoms with Crippen LogP contribution in [0.25, 0.3) is 0 Å². The Kier molecular flexibility index (Phi) is 4.24. The number of rotatable bonds is 4. The van der Waals surface area contributed by atoms with E-state index in [-0.39, 0.29) is 18.2 Å². The molecular weight excluding hydrogens is 246 g/mol. The Bertz CT molecular complexity index is 466. The number of aryl methyl sites for hydroxylation is 1. The maximum Gasteiger partial charge on any atom is 0.303 e. The van der Waals surface area contributed by atoms with Gasteiger partial charge in [-0.3, -0.25) is 9.59 Å². The van der Waals surface area contributed by atoms with Crippen LogP contribution in [-0.4, -0.2) is 35.0 Å². The Morgan fingerprint density at radius 2 is 2.32 bits per heavy atom. The van der Waals surface area contributed by atoms with Gasteiger partial charge in [-0.15, -0.1) is 0 Å². The van der Waals surface area contributed by atoms with E-state index < -0.39 is 5.97 Å². The molecule has 1 N–H and O–H groups in total. The first-order chi connectivity index (χ1) is 9.08. The van der Waals surface area contributed by atoms with Gasteiger partial charge in [-0.2, -0.15) is 0 Å². The third-order valence-corrected chi connectivity index (χ3v) is 3.63. The van der Waals surface area contributed by atoms with E-state index in [1.165, 1.54) is 6.26 Å². The van der Waals surface area contributed by atoms with E-state index in [9.17, 15) is 9.59 Å². The molecule has 104 valence electrons. The van der Waals surface area contributed by atoms with Gasteiger partial charge >= 0.3 is 5.97 Å². The number of likely N-dealkylation sites (tertiary alicyclic amines) is 1. The van der Waals surface area contributed by atoms with Crippen LogP contribution in [0.4, 0.5) is 0 Å². The van der Waals surface area contributed by atoms with E-state index in [2.05, 4.69) is 0 Å². The number of hydrogen-bond donors (Lipinski definition) is 1. The zero-order valence-corrected chi connectivity index (χ0v) is 11.1. The molecule has 1 saturated heterocycles. The molecule has 5 nitrogen and oxygen atoms in total. The lowest BCUT2D eigenvalue weighted by Gasteiger charge is -2.32. The topological polar surface area (TPSA) is 70.8 Å². The van der Waals surface area contributed by atoms with Gasteiger partial charge in [-0.05, 0) is 38.2 Å². The fourth-order valence-corrected chi connectivity index (χ4v) is 2.55. The second-order valence-corrected chi connectivity index (χ2v) is 5.12. The summed E-state index contributed by atoms with van der Waals surface area (Å²) in [6.07, 6.45) is 4.25. The number of hydrogen-bond acceptors (Lipinski definition) is 3. The molecule has 0 unspecified atom stereocenters. The predicted octanol–water partition coefficient (Wildman–Crippen LogP) is 2.31. The molecule has 0 radical (unpaired) electrons. The van der Waals surface area contributed by atoms with Gasteiger partial charge in [-0.25, -0.2) is 0 Å². The highest BCUT2D eigenvalue weighted by atomic mass is 16.4. The lowest BCUT2D eigenvalue weighted by molar-refractivity contribution is -0.137. The molecule has 1 aromatic rings. The monoisotopic (exact) mass is 265 g/mol. The zero-order valence-electron chi connectivity index (χ0n) is 11.1. The number of aliphatic carboxylic acids is 1. The summed E-state index contributed by atoms with van der Waals surface area (Å²) in [5.41, 5.74) is 0.845. The maximum atomic E-state index is 12.3. The van der Waals surface area contributed by atoms with Crippen LogP contribution in [0.15, 0.2) is 16.7 Å². The van der Waals surface area contributed by atoms with Gasteiger partial charge in [0.2, 0.25) is 0 Å². The van der Waals surface area contributed by atoms with Gasteiger partial charge in [0, 0.05) is 25.1 Å². The first kappa shape index (κ1) is 13.6. The van der Waals surface area contributed by atoms with Crippen LogP contribution in [0.5, 0.6) is 0 Å². The number of piperidine rings is 1. The Morgan fingerprint density at radius 1 is 1.53 bits per heavy atom. The van der Waals surface area contributed by atoms with E-state index in [1.807, 2.05) is 6.92 Å². The molecule has 2 heterocycles. The quantitative estimate of drug-likeness (QED) is 0.906. The second-order valence-electron chi connectivity index (χ2n) is 5.12. The number of carbonyl (C=O) groups excluding carboxylic acids is 1. The summed E-state index contributed by atoms with van der Waals surface area (Å²) in [7, 11) is 0. The van der Waals surface area contributed by atoms with Gasteiger partial charge in [0.05, 0.1) is 6.26 Å². The summed E-state index contributed by atoms with van der Waals surface area (Å²) < 4.78 is 5.23. The standard InChI is InChI=1S/C14H19NO4/c1-10-6-8-19-13(10)14(18)15-7-2-3-11(9-15)4-5-12(16)17/h6,8,11H,2-5,7,9H2,1H3,(H,16,17)/t11-/m1/s1. The Hall–Kier alpha value is -1.78. The normalized spacial score (nSPS) is 19.4. The molecule has 1 amide bonds. The third-order valence-electron chi connectivity index (χ3n) is 3.63. The number of carboxylic acids is 1. The van der Waals surface area contributed by atoms with Gasteiger partial charge in [0.15, 0.2) is 5.76 Å². The van der Waals surface area contributed by atoms with Crippen LogP contribution in [-0.2, 0) is 4.79 Å². The van der Waals surface area contributed by atoms with E-state index in [1.54, 1.807) is 11.0 Å². The summed E-state index contributed by atoms with van der Waals surface area (Å²) >= 11 is 0. The van der Waals surface area contributed by atoms with Crippen LogP contribution >= 0.6 is 0 Å². The zero-order chi connectivity index (χ0) is 13.8.